The summed E-state index contributed by atoms with van der Waals surface area (Å²) >= 11 is 0. The molecule has 1 heteroatoms. The molecule has 0 aromatic carbocycles. The van der Waals surface area contributed by atoms with Crippen LogP contribution in [0.5, 0.6) is 0 Å². The largest absolute Gasteiger partial charge is 0.299 e. The van der Waals surface area contributed by atoms with Gasteiger partial charge in [0.25, 0.3) is 0 Å². The van der Waals surface area contributed by atoms with E-state index in [-0.39, 0.29) is 0 Å². The summed E-state index contributed by atoms with van der Waals surface area (Å²) in [6.45, 7) is 2.25. The Morgan fingerprint density at radius 2 is 1.47 bits per heavy atom. The molecule has 0 bridgehead atoms. The van der Waals surface area contributed by atoms with Gasteiger partial charge in [-0.05, 0) is 18.9 Å². The topological polar surface area (TPSA) is 17.1 Å². The van der Waals surface area contributed by atoms with Crippen LogP contribution in [0.4, 0.5) is 0 Å². The molecule has 0 saturated heterocycles. The number of hydrogen-bond donors (Lipinski definition) is 0. The molecule has 0 fully saturated rings. The van der Waals surface area contributed by atoms with Crippen LogP contribution >= 0.6 is 0 Å². The second-order valence-corrected chi connectivity index (χ2v) is 3.86. The monoisotopic (exact) mass is 208 g/mol. The van der Waals surface area contributed by atoms with Crippen molar-refractivity contribution in [2.75, 3.05) is 0 Å². The first-order valence-corrected chi connectivity index (χ1v) is 6.18. The van der Waals surface area contributed by atoms with Gasteiger partial charge in [0.15, 0.2) is 0 Å². The maximum Gasteiger partial charge on any atom is 0.142 e. The zero-order valence-electron chi connectivity index (χ0n) is 9.95. The first kappa shape index (κ1) is 14.2. The molecule has 0 aliphatic heterocycles. The van der Waals surface area contributed by atoms with E-state index >= 15 is 0 Å². The summed E-state index contributed by atoms with van der Waals surface area (Å²) in [5, 5.41) is 0. The maximum absolute atomic E-state index is 9.94. The van der Waals surface area contributed by atoms with Gasteiger partial charge in [-0.25, -0.2) is 0 Å². The van der Waals surface area contributed by atoms with E-state index in [4.69, 9.17) is 0 Å². The molecule has 0 aromatic heterocycles. The quantitative estimate of drug-likeness (QED) is 0.224. The van der Waals surface area contributed by atoms with Crippen molar-refractivity contribution in [3.05, 3.63) is 24.3 Å². The summed E-state index contributed by atoms with van der Waals surface area (Å²) in [5.74, 6) is 0. The van der Waals surface area contributed by atoms with E-state index in [1.54, 1.807) is 6.08 Å². The Labute approximate surface area is 94.3 Å². The Morgan fingerprint density at radius 1 is 0.800 bits per heavy atom. The number of carbonyl (C=O) groups excluding carboxylic acids is 1. The first-order valence-electron chi connectivity index (χ1n) is 6.18. The van der Waals surface area contributed by atoms with Gasteiger partial charge in [0, 0.05) is 0 Å². The summed E-state index contributed by atoms with van der Waals surface area (Å²) in [7, 11) is 0. The highest BCUT2D eigenvalue weighted by molar-refractivity contribution is 5.65. The highest BCUT2D eigenvalue weighted by Gasteiger charge is 1.88. The van der Waals surface area contributed by atoms with Crippen molar-refractivity contribution in [1.82, 2.24) is 0 Å². The lowest BCUT2D eigenvalue weighted by molar-refractivity contribution is -0.104. The fourth-order valence-corrected chi connectivity index (χ4v) is 1.50. The van der Waals surface area contributed by atoms with E-state index in [0.29, 0.717) is 0 Å². The zero-order chi connectivity index (χ0) is 11.2. The molecule has 0 heterocycles. The van der Waals surface area contributed by atoms with Gasteiger partial charge in [0.05, 0.1) is 0 Å². The van der Waals surface area contributed by atoms with Gasteiger partial charge in [-0.15, -0.1) is 0 Å². The summed E-state index contributed by atoms with van der Waals surface area (Å²) in [6.07, 6.45) is 18.8. The van der Waals surface area contributed by atoms with E-state index in [0.717, 1.165) is 12.7 Å². The van der Waals surface area contributed by atoms with E-state index in [9.17, 15) is 4.79 Å². The molecule has 0 atom stereocenters. The van der Waals surface area contributed by atoms with Crippen molar-refractivity contribution in [3.8, 4) is 0 Å². The molecule has 0 N–H and O–H groups in total. The summed E-state index contributed by atoms with van der Waals surface area (Å²) < 4.78 is 0. The molecule has 0 aromatic rings. The van der Waals surface area contributed by atoms with E-state index in [2.05, 4.69) is 13.0 Å². The lowest BCUT2D eigenvalue weighted by atomic mass is 10.1. The minimum atomic E-state index is 0.804. The summed E-state index contributed by atoms with van der Waals surface area (Å²) in [6, 6.07) is 0. The minimum Gasteiger partial charge on any atom is -0.299 e. The van der Waals surface area contributed by atoms with Crippen LogP contribution in [-0.2, 0) is 4.79 Å². The predicted molar refractivity (Wildman–Crippen MR) is 67.0 cm³/mol. The van der Waals surface area contributed by atoms with Gasteiger partial charge in [-0.3, -0.25) is 4.79 Å². The Kier molecular flexibility index (Phi) is 12.4. The normalized spacial score (nSPS) is 11.5. The van der Waals surface area contributed by atoms with Crippen LogP contribution in [0.3, 0.4) is 0 Å². The van der Waals surface area contributed by atoms with Crippen molar-refractivity contribution < 1.29 is 4.79 Å². The molecule has 0 aliphatic rings. The van der Waals surface area contributed by atoms with Crippen molar-refractivity contribution in [3.63, 3.8) is 0 Å². The van der Waals surface area contributed by atoms with Crippen molar-refractivity contribution in [1.29, 1.82) is 0 Å². The predicted octanol–water partition coefficient (Wildman–Crippen LogP) is 4.44. The minimum absolute atomic E-state index is 0.804. The van der Waals surface area contributed by atoms with Crippen LogP contribution in [-0.4, -0.2) is 6.29 Å². The van der Waals surface area contributed by atoms with Crippen molar-refractivity contribution in [2.24, 2.45) is 0 Å². The summed E-state index contributed by atoms with van der Waals surface area (Å²) in [4.78, 5) is 9.94. The lowest BCUT2D eigenvalue weighted by Gasteiger charge is -1.98. The molecule has 1 nitrogen and oxygen atoms in total. The third-order valence-corrected chi connectivity index (χ3v) is 2.41. The van der Waals surface area contributed by atoms with Gasteiger partial charge in [0.2, 0.25) is 0 Å². The van der Waals surface area contributed by atoms with E-state index in [1.165, 1.54) is 51.0 Å². The molecular formula is C14H24O. The van der Waals surface area contributed by atoms with Gasteiger partial charge in [-0.2, -0.15) is 0 Å². The van der Waals surface area contributed by atoms with E-state index < -0.39 is 0 Å². The average molecular weight is 208 g/mol. The Bertz CT molecular complexity index is 180. The number of unbranched alkanes of at least 4 members (excludes halogenated alkanes) is 7. The van der Waals surface area contributed by atoms with Crippen molar-refractivity contribution in [2.45, 2.75) is 58.3 Å². The number of rotatable bonds is 10. The smallest absolute Gasteiger partial charge is 0.142 e. The summed E-state index contributed by atoms with van der Waals surface area (Å²) in [5.41, 5.74) is 0. The molecule has 0 radical (unpaired) electrons. The highest BCUT2D eigenvalue weighted by Crippen LogP contribution is 2.08. The molecule has 0 aliphatic carbocycles. The molecule has 0 unspecified atom stereocenters. The number of allylic oxidation sites excluding steroid dienone is 4. The number of aldehydes is 1. The fraction of sp³-hybridized carbons (Fsp3) is 0.643. The van der Waals surface area contributed by atoms with Gasteiger partial charge >= 0.3 is 0 Å². The third-order valence-electron chi connectivity index (χ3n) is 2.41. The van der Waals surface area contributed by atoms with Gasteiger partial charge in [-0.1, -0.05) is 63.7 Å². The molecular weight excluding hydrogens is 184 g/mol. The van der Waals surface area contributed by atoms with Crippen LogP contribution in [0.15, 0.2) is 24.3 Å². The Morgan fingerprint density at radius 3 is 2.13 bits per heavy atom. The van der Waals surface area contributed by atoms with Gasteiger partial charge < -0.3 is 0 Å². The molecule has 86 valence electrons. The molecule has 15 heavy (non-hydrogen) atoms. The third kappa shape index (κ3) is 13.2. The highest BCUT2D eigenvalue weighted by atomic mass is 16.1. The SMILES string of the molecule is CCCCCCCCC/C=C\C=C/C=O. The van der Waals surface area contributed by atoms with Crippen LogP contribution in [0, 0.1) is 0 Å². The Balaban J connectivity index is 3.07. The van der Waals surface area contributed by atoms with Crippen LogP contribution < -0.4 is 0 Å². The van der Waals surface area contributed by atoms with Crippen molar-refractivity contribution >= 4 is 6.29 Å². The fourth-order valence-electron chi connectivity index (χ4n) is 1.50. The lowest BCUT2D eigenvalue weighted by Crippen LogP contribution is -1.78. The number of hydrogen-bond acceptors (Lipinski definition) is 1. The Hall–Kier alpha value is -0.850. The second kappa shape index (κ2) is 13.2. The van der Waals surface area contributed by atoms with E-state index in [1.807, 2.05) is 6.08 Å². The molecule has 0 saturated carbocycles. The first-order chi connectivity index (χ1) is 7.41. The second-order valence-electron chi connectivity index (χ2n) is 3.86. The zero-order valence-corrected chi connectivity index (χ0v) is 9.95. The maximum atomic E-state index is 9.94. The molecule has 0 amide bonds. The van der Waals surface area contributed by atoms with Crippen LogP contribution in [0.25, 0.3) is 0 Å². The molecule has 0 spiro atoms. The van der Waals surface area contributed by atoms with Gasteiger partial charge in [0.1, 0.15) is 6.29 Å². The average Bonchev–Trinajstić information content (AvgIpc) is 2.26. The van der Waals surface area contributed by atoms with Crippen LogP contribution in [0.1, 0.15) is 58.3 Å². The molecule has 0 rings (SSSR count). The van der Waals surface area contributed by atoms with Crippen LogP contribution in [0.2, 0.25) is 0 Å². The standard InChI is InChI=1S/C14H24O/c1-2-3-4-5-6-7-8-9-10-11-12-13-14-15/h10-14H,2-9H2,1H3/b11-10-,13-12-. The number of carbonyl (C=O) groups is 1.